The molecule has 4 rings (SSSR count). The Balaban J connectivity index is 0.000000161. The van der Waals surface area contributed by atoms with Crippen molar-refractivity contribution in [2.75, 3.05) is 26.2 Å². The number of nitrogens with zero attached hydrogens (tertiary/aromatic N) is 2. The molecule has 4 heteroatoms. The topological polar surface area (TPSA) is 40.6 Å². The minimum atomic E-state index is 0.382. The second-order valence-electron chi connectivity index (χ2n) is 7.68. The van der Waals surface area contributed by atoms with Crippen LogP contribution in [0.2, 0.25) is 0 Å². The Morgan fingerprint density at radius 2 is 1.00 bits per heavy atom. The molecule has 4 nitrogen and oxygen atoms in total. The highest BCUT2D eigenvalue weighted by atomic mass is 16.1. The first-order valence-corrected chi connectivity index (χ1v) is 10.2. The maximum Gasteiger partial charge on any atom is 0.146 e. The van der Waals surface area contributed by atoms with E-state index in [1.54, 1.807) is 0 Å². The highest BCUT2D eigenvalue weighted by Gasteiger charge is 2.17. The number of Topliss-reactive ketones (excluding diaryl/α,β-unsaturated/α-hetero) is 2. The second kappa shape index (κ2) is 10.9. The molecule has 0 amide bonds. The zero-order valence-electron chi connectivity index (χ0n) is 16.6. The number of hydrogen-bond acceptors (Lipinski definition) is 4. The summed E-state index contributed by atoms with van der Waals surface area (Å²) in [6.07, 6.45) is 3.58. The summed E-state index contributed by atoms with van der Waals surface area (Å²) < 4.78 is 0. The Morgan fingerprint density at radius 3 is 1.36 bits per heavy atom. The Kier molecular flexibility index (Phi) is 7.94. The number of likely N-dealkylation sites (tertiary alicyclic amines) is 2. The number of piperidine rings is 2. The van der Waals surface area contributed by atoms with Crippen molar-refractivity contribution in [2.45, 2.75) is 38.8 Å². The molecule has 2 heterocycles. The van der Waals surface area contributed by atoms with Gasteiger partial charge in [0, 0.05) is 25.9 Å². The van der Waals surface area contributed by atoms with Gasteiger partial charge in [-0.3, -0.25) is 19.4 Å². The van der Waals surface area contributed by atoms with Gasteiger partial charge >= 0.3 is 0 Å². The quantitative estimate of drug-likeness (QED) is 0.813. The lowest BCUT2D eigenvalue weighted by Gasteiger charge is -2.25. The summed E-state index contributed by atoms with van der Waals surface area (Å²) in [6.45, 7) is 5.20. The zero-order chi connectivity index (χ0) is 19.6. The van der Waals surface area contributed by atoms with Gasteiger partial charge in [-0.1, -0.05) is 60.7 Å². The summed E-state index contributed by atoms with van der Waals surface area (Å²) in [5, 5.41) is 0. The summed E-state index contributed by atoms with van der Waals surface area (Å²) in [5.74, 6) is 0.763. The molecule has 2 aliphatic heterocycles. The van der Waals surface area contributed by atoms with E-state index in [1.165, 1.54) is 11.1 Å². The van der Waals surface area contributed by atoms with Gasteiger partial charge in [0.1, 0.15) is 11.6 Å². The summed E-state index contributed by atoms with van der Waals surface area (Å²) >= 11 is 0. The van der Waals surface area contributed by atoms with Crippen molar-refractivity contribution >= 4 is 11.6 Å². The van der Waals surface area contributed by atoms with E-state index in [-0.39, 0.29) is 0 Å². The van der Waals surface area contributed by atoms with Crippen LogP contribution < -0.4 is 0 Å². The third-order valence-electron chi connectivity index (χ3n) is 5.16. The highest BCUT2D eigenvalue weighted by Crippen LogP contribution is 2.11. The summed E-state index contributed by atoms with van der Waals surface area (Å²) in [6, 6.07) is 20.6. The fourth-order valence-electron chi connectivity index (χ4n) is 3.77. The SMILES string of the molecule is O=C1CCCN(Cc2ccccc2)C1.O=C1CCCN(Cc2ccccc2)C1. The van der Waals surface area contributed by atoms with Gasteiger partial charge in [0.15, 0.2) is 0 Å². The first-order valence-electron chi connectivity index (χ1n) is 10.2. The lowest BCUT2D eigenvalue weighted by molar-refractivity contribution is -0.123. The van der Waals surface area contributed by atoms with Crippen LogP contribution in [-0.4, -0.2) is 47.5 Å². The number of ketones is 2. The van der Waals surface area contributed by atoms with Crippen LogP contribution >= 0.6 is 0 Å². The number of benzene rings is 2. The van der Waals surface area contributed by atoms with E-state index >= 15 is 0 Å². The van der Waals surface area contributed by atoms with E-state index in [1.807, 2.05) is 36.4 Å². The van der Waals surface area contributed by atoms with Gasteiger partial charge in [0.2, 0.25) is 0 Å². The Hall–Kier alpha value is -2.30. The van der Waals surface area contributed by atoms with Gasteiger partial charge in [0.25, 0.3) is 0 Å². The molecule has 2 saturated heterocycles. The highest BCUT2D eigenvalue weighted by molar-refractivity contribution is 5.81. The molecule has 0 bridgehead atoms. The molecule has 28 heavy (non-hydrogen) atoms. The first-order chi connectivity index (χ1) is 13.7. The van der Waals surface area contributed by atoms with E-state index in [0.717, 1.165) is 51.9 Å². The molecule has 0 N–H and O–H groups in total. The molecule has 0 aromatic heterocycles. The molecular weight excluding hydrogens is 348 g/mol. The van der Waals surface area contributed by atoms with Crippen molar-refractivity contribution in [3.63, 3.8) is 0 Å². The Labute approximate surface area is 168 Å². The molecule has 0 radical (unpaired) electrons. The molecular formula is C24H30N2O2. The van der Waals surface area contributed by atoms with Crippen LogP contribution in [0.5, 0.6) is 0 Å². The number of rotatable bonds is 4. The Morgan fingerprint density at radius 1 is 0.607 bits per heavy atom. The van der Waals surface area contributed by atoms with Crippen molar-refractivity contribution in [1.29, 1.82) is 0 Å². The van der Waals surface area contributed by atoms with Crippen molar-refractivity contribution in [3.8, 4) is 0 Å². The molecule has 2 aliphatic rings. The summed E-state index contributed by atoms with van der Waals surface area (Å²) in [7, 11) is 0. The second-order valence-corrected chi connectivity index (χ2v) is 7.68. The van der Waals surface area contributed by atoms with Crippen LogP contribution in [0.4, 0.5) is 0 Å². The minimum Gasteiger partial charge on any atom is -0.298 e. The zero-order valence-corrected chi connectivity index (χ0v) is 16.6. The van der Waals surface area contributed by atoms with Crippen LogP contribution in [0.15, 0.2) is 60.7 Å². The molecule has 0 atom stereocenters. The van der Waals surface area contributed by atoms with Gasteiger partial charge in [-0.2, -0.15) is 0 Å². The fourth-order valence-corrected chi connectivity index (χ4v) is 3.77. The maximum atomic E-state index is 11.2. The van der Waals surface area contributed by atoms with Crippen LogP contribution in [0.1, 0.15) is 36.8 Å². The van der Waals surface area contributed by atoms with Crippen LogP contribution in [0, 0.1) is 0 Å². The van der Waals surface area contributed by atoms with Crippen molar-refractivity contribution in [3.05, 3.63) is 71.8 Å². The smallest absolute Gasteiger partial charge is 0.146 e. The summed E-state index contributed by atoms with van der Waals surface area (Å²) in [4.78, 5) is 26.9. The van der Waals surface area contributed by atoms with Crippen molar-refractivity contribution in [2.24, 2.45) is 0 Å². The third kappa shape index (κ3) is 7.02. The Bertz CT molecular complexity index is 680. The predicted octanol–water partition coefficient (Wildman–Crippen LogP) is 3.70. The lowest BCUT2D eigenvalue weighted by Crippen LogP contribution is -2.34. The molecule has 0 saturated carbocycles. The number of carbonyl (C=O) groups excluding carboxylic acids is 2. The average molecular weight is 379 g/mol. The molecule has 2 aromatic rings. The molecule has 2 fully saturated rings. The van der Waals surface area contributed by atoms with E-state index in [0.29, 0.717) is 24.7 Å². The maximum absolute atomic E-state index is 11.2. The van der Waals surface area contributed by atoms with Gasteiger partial charge < -0.3 is 0 Å². The van der Waals surface area contributed by atoms with Gasteiger partial charge in [-0.05, 0) is 37.1 Å². The van der Waals surface area contributed by atoms with E-state index in [4.69, 9.17) is 0 Å². The number of carbonyl (C=O) groups is 2. The van der Waals surface area contributed by atoms with Gasteiger partial charge in [-0.15, -0.1) is 0 Å². The molecule has 0 aliphatic carbocycles. The fraction of sp³-hybridized carbons (Fsp3) is 0.417. The minimum absolute atomic E-state index is 0.382. The summed E-state index contributed by atoms with van der Waals surface area (Å²) in [5.41, 5.74) is 2.59. The van der Waals surface area contributed by atoms with E-state index in [9.17, 15) is 9.59 Å². The largest absolute Gasteiger partial charge is 0.298 e. The van der Waals surface area contributed by atoms with Crippen LogP contribution in [0.25, 0.3) is 0 Å². The van der Waals surface area contributed by atoms with Crippen molar-refractivity contribution in [1.82, 2.24) is 9.80 Å². The van der Waals surface area contributed by atoms with E-state index in [2.05, 4.69) is 34.1 Å². The average Bonchev–Trinajstić information content (AvgIpc) is 2.70. The van der Waals surface area contributed by atoms with E-state index < -0.39 is 0 Å². The van der Waals surface area contributed by atoms with Gasteiger partial charge in [0.05, 0.1) is 13.1 Å². The molecule has 148 valence electrons. The number of hydrogen-bond donors (Lipinski definition) is 0. The lowest BCUT2D eigenvalue weighted by atomic mass is 10.1. The van der Waals surface area contributed by atoms with Crippen molar-refractivity contribution < 1.29 is 9.59 Å². The third-order valence-corrected chi connectivity index (χ3v) is 5.16. The monoisotopic (exact) mass is 378 g/mol. The standard InChI is InChI=1S/2C12H15NO/c2*14-12-7-4-8-13(10-12)9-11-5-2-1-3-6-11/h2*1-3,5-6H,4,7-10H2. The normalized spacial score (nSPS) is 18.4. The van der Waals surface area contributed by atoms with Crippen LogP contribution in [0.3, 0.4) is 0 Å². The van der Waals surface area contributed by atoms with Gasteiger partial charge in [-0.25, -0.2) is 0 Å². The molecule has 2 aromatic carbocycles. The van der Waals surface area contributed by atoms with Crippen LogP contribution in [-0.2, 0) is 22.7 Å². The molecule has 0 unspecified atom stereocenters. The predicted molar refractivity (Wildman–Crippen MR) is 112 cm³/mol. The first kappa shape index (κ1) is 20.4. The molecule has 0 spiro atoms.